The first-order chi connectivity index (χ1) is 12.1. The highest BCUT2D eigenvalue weighted by Gasteiger charge is 2.29. The summed E-state index contributed by atoms with van der Waals surface area (Å²) in [5.74, 6) is 2.21. The van der Waals surface area contributed by atoms with Gasteiger partial charge in [-0.25, -0.2) is 4.98 Å². The lowest BCUT2D eigenvalue weighted by Crippen LogP contribution is -2.31. The van der Waals surface area contributed by atoms with E-state index in [2.05, 4.69) is 15.0 Å². The smallest absolute Gasteiger partial charge is 0.229 e. The number of hydrogen-bond acceptors (Lipinski definition) is 3. The van der Waals surface area contributed by atoms with Crippen LogP contribution in [0.1, 0.15) is 56.0 Å². The molecule has 7 heteroatoms. The summed E-state index contributed by atoms with van der Waals surface area (Å²) in [5.41, 5.74) is 1.18. The molecule has 0 saturated heterocycles. The van der Waals surface area contributed by atoms with Gasteiger partial charge in [0.05, 0.1) is 0 Å². The van der Waals surface area contributed by atoms with Crippen molar-refractivity contribution in [2.75, 3.05) is 5.32 Å². The number of anilines is 1. The van der Waals surface area contributed by atoms with Crippen LogP contribution < -0.4 is 5.32 Å². The van der Waals surface area contributed by atoms with Crippen LogP contribution in [0.4, 0.5) is 5.82 Å². The van der Waals surface area contributed by atoms with E-state index in [0.717, 1.165) is 19.4 Å². The Balaban J connectivity index is 1.45. The minimum atomic E-state index is -0.0542. The number of nitrogens with one attached hydrogen (secondary N) is 1. The van der Waals surface area contributed by atoms with Gasteiger partial charge in [-0.05, 0) is 19.3 Å². The van der Waals surface area contributed by atoms with Crippen LogP contribution >= 0.6 is 11.6 Å². The Morgan fingerprint density at radius 1 is 1.28 bits per heavy atom. The monoisotopic (exact) mass is 361 g/mol. The third kappa shape index (κ3) is 3.32. The van der Waals surface area contributed by atoms with Gasteiger partial charge in [-0.3, -0.25) is 9.48 Å². The fraction of sp³-hybridized carbons (Fsp3) is 0.611. The fourth-order valence-corrected chi connectivity index (χ4v) is 4.39. The first-order valence-electron chi connectivity index (χ1n) is 9.16. The SMILES string of the molecule is Cn1cc(Cl)c(NC(=O)C2CCn3c(cnc3C3CCCCC3)C2)n1. The topological polar surface area (TPSA) is 64.7 Å². The molecule has 0 aromatic carbocycles. The molecule has 1 aliphatic carbocycles. The van der Waals surface area contributed by atoms with Crippen LogP contribution in [0.15, 0.2) is 12.4 Å². The third-order valence-electron chi connectivity index (χ3n) is 5.49. The molecule has 2 aromatic rings. The van der Waals surface area contributed by atoms with Crippen molar-refractivity contribution in [3.8, 4) is 0 Å². The molecule has 6 nitrogen and oxygen atoms in total. The first-order valence-corrected chi connectivity index (χ1v) is 9.54. The minimum absolute atomic E-state index is 0.00716. The van der Waals surface area contributed by atoms with E-state index < -0.39 is 0 Å². The summed E-state index contributed by atoms with van der Waals surface area (Å²) < 4.78 is 3.96. The molecule has 1 N–H and O–H groups in total. The fourth-order valence-electron chi connectivity index (χ4n) is 4.16. The molecule has 2 aliphatic rings. The van der Waals surface area contributed by atoms with E-state index in [1.54, 1.807) is 17.9 Å². The van der Waals surface area contributed by atoms with Crippen LogP contribution in [0.25, 0.3) is 0 Å². The average molecular weight is 362 g/mol. The van der Waals surface area contributed by atoms with E-state index in [-0.39, 0.29) is 11.8 Å². The molecule has 0 radical (unpaired) electrons. The molecule has 1 atom stereocenters. The second-order valence-electron chi connectivity index (χ2n) is 7.27. The largest absolute Gasteiger partial charge is 0.332 e. The maximum atomic E-state index is 12.6. The molecule has 1 saturated carbocycles. The summed E-state index contributed by atoms with van der Waals surface area (Å²) in [6.07, 6.45) is 11.7. The quantitative estimate of drug-likeness (QED) is 0.909. The van der Waals surface area contributed by atoms with Gasteiger partial charge in [0.2, 0.25) is 5.91 Å². The number of imidazole rings is 1. The lowest BCUT2D eigenvalue weighted by Gasteiger charge is -2.27. The molecule has 0 spiro atoms. The van der Waals surface area contributed by atoms with Gasteiger partial charge in [0.15, 0.2) is 5.82 Å². The van der Waals surface area contributed by atoms with Gasteiger partial charge >= 0.3 is 0 Å². The molecule has 1 amide bonds. The number of rotatable bonds is 3. The van der Waals surface area contributed by atoms with Crippen molar-refractivity contribution in [2.24, 2.45) is 13.0 Å². The molecule has 1 aliphatic heterocycles. The summed E-state index contributed by atoms with van der Waals surface area (Å²) in [7, 11) is 1.79. The number of hydrogen-bond donors (Lipinski definition) is 1. The molecule has 25 heavy (non-hydrogen) atoms. The number of aryl methyl sites for hydroxylation is 1. The van der Waals surface area contributed by atoms with Crippen molar-refractivity contribution in [1.82, 2.24) is 19.3 Å². The van der Waals surface area contributed by atoms with Gasteiger partial charge in [-0.15, -0.1) is 0 Å². The van der Waals surface area contributed by atoms with Crippen LogP contribution in [0, 0.1) is 5.92 Å². The van der Waals surface area contributed by atoms with Crippen molar-refractivity contribution < 1.29 is 4.79 Å². The number of aromatic nitrogens is 4. The van der Waals surface area contributed by atoms with Crippen molar-refractivity contribution in [2.45, 2.75) is 57.4 Å². The van der Waals surface area contributed by atoms with Crippen molar-refractivity contribution in [3.05, 3.63) is 28.9 Å². The van der Waals surface area contributed by atoms with Crippen LogP contribution in [0.5, 0.6) is 0 Å². The molecule has 1 fully saturated rings. The van der Waals surface area contributed by atoms with Crippen LogP contribution in [0.3, 0.4) is 0 Å². The number of amides is 1. The van der Waals surface area contributed by atoms with Crippen molar-refractivity contribution >= 4 is 23.3 Å². The molecule has 2 aromatic heterocycles. The molecule has 0 bridgehead atoms. The summed E-state index contributed by atoms with van der Waals surface area (Å²) in [4.78, 5) is 17.3. The summed E-state index contributed by atoms with van der Waals surface area (Å²) in [6, 6.07) is 0. The van der Waals surface area contributed by atoms with E-state index in [0.29, 0.717) is 16.8 Å². The van der Waals surface area contributed by atoms with Gasteiger partial charge in [-0.1, -0.05) is 30.9 Å². The van der Waals surface area contributed by atoms with Crippen LogP contribution in [0.2, 0.25) is 5.02 Å². The second kappa shape index (κ2) is 6.83. The Kier molecular flexibility index (Phi) is 4.54. The molecular formula is C18H24ClN5O. The highest BCUT2D eigenvalue weighted by molar-refractivity contribution is 6.33. The number of nitrogens with zero attached hydrogens (tertiary/aromatic N) is 4. The van der Waals surface area contributed by atoms with Crippen LogP contribution in [-0.4, -0.2) is 25.2 Å². The Bertz CT molecular complexity index is 775. The standard InChI is InChI=1S/C18H24ClN5O/c1-23-11-15(19)16(22-23)21-18(25)13-7-8-24-14(9-13)10-20-17(24)12-5-3-2-4-6-12/h10-13H,2-9H2,1H3,(H,21,22,25). The van der Waals surface area contributed by atoms with Gasteiger partial charge in [0.1, 0.15) is 10.8 Å². The highest BCUT2D eigenvalue weighted by Crippen LogP contribution is 2.34. The second-order valence-corrected chi connectivity index (χ2v) is 7.68. The van der Waals surface area contributed by atoms with Gasteiger partial charge < -0.3 is 9.88 Å². The number of fused-ring (bicyclic) bond motifs is 1. The summed E-state index contributed by atoms with van der Waals surface area (Å²) in [5, 5.41) is 7.53. The van der Waals surface area contributed by atoms with E-state index in [1.165, 1.54) is 43.6 Å². The van der Waals surface area contributed by atoms with Gasteiger partial charge in [-0.2, -0.15) is 5.10 Å². The molecule has 134 valence electrons. The summed E-state index contributed by atoms with van der Waals surface area (Å²) >= 11 is 6.09. The zero-order valence-electron chi connectivity index (χ0n) is 14.5. The minimum Gasteiger partial charge on any atom is -0.332 e. The van der Waals surface area contributed by atoms with Crippen molar-refractivity contribution in [1.29, 1.82) is 0 Å². The predicted molar refractivity (Wildman–Crippen MR) is 96.7 cm³/mol. The molecular weight excluding hydrogens is 338 g/mol. The predicted octanol–water partition coefficient (Wildman–Crippen LogP) is 3.52. The van der Waals surface area contributed by atoms with Crippen molar-refractivity contribution in [3.63, 3.8) is 0 Å². The number of halogens is 1. The van der Waals surface area contributed by atoms with E-state index in [4.69, 9.17) is 16.6 Å². The van der Waals surface area contributed by atoms with E-state index >= 15 is 0 Å². The molecule has 4 rings (SSSR count). The van der Waals surface area contributed by atoms with E-state index in [9.17, 15) is 4.79 Å². The lowest BCUT2D eigenvalue weighted by molar-refractivity contribution is -0.120. The lowest BCUT2D eigenvalue weighted by atomic mass is 9.88. The summed E-state index contributed by atoms with van der Waals surface area (Å²) in [6.45, 7) is 0.870. The number of carbonyl (C=O) groups excluding carboxylic acids is 1. The maximum absolute atomic E-state index is 12.6. The zero-order valence-corrected chi connectivity index (χ0v) is 15.3. The Morgan fingerprint density at radius 2 is 2.08 bits per heavy atom. The van der Waals surface area contributed by atoms with Gasteiger partial charge in [0, 0.05) is 49.9 Å². The van der Waals surface area contributed by atoms with Gasteiger partial charge in [0.25, 0.3) is 0 Å². The maximum Gasteiger partial charge on any atom is 0.229 e. The zero-order chi connectivity index (χ0) is 17.4. The molecule has 1 unspecified atom stereocenters. The Hall–Kier alpha value is -1.82. The Morgan fingerprint density at radius 3 is 2.80 bits per heavy atom. The Labute approximate surface area is 152 Å². The highest BCUT2D eigenvalue weighted by atomic mass is 35.5. The van der Waals surface area contributed by atoms with E-state index in [1.807, 2.05) is 6.20 Å². The average Bonchev–Trinajstić information content (AvgIpc) is 3.18. The van der Waals surface area contributed by atoms with Crippen LogP contribution in [-0.2, 0) is 24.8 Å². The first kappa shape index (κ1) is 16.6. The third-order valence-corrected chi connectivity index (χ3v) is 5.77. The normalized spacial score (nSPS) is 21.1. The molecule has 3 heterocycles. The number of carbonyl (C=O) groups is 1.